The van der Waals surface area contributed by atoms with Gasteiger partial charge in [-0.1, -0.05) is 0 Å². The molecule has 2 aliphatic rings. The Labute approximate surface area is 148 Å². The number of hydrogen-bond donors (Lipinski definition) is 1. The molecule has 7 nitrogen and oxygen atoms in total. The number of anilines is 1. The summed E-state index contributed by atoms with van der Waals surface area (Å²) in [6.07, 6.45) is 2.68. The van der Waals surface area contributed by atoms with E-state index in [1.807, 2.05) is 19.9 Å². The maximum atomic E-state index is 12.8. The lowest BCUT2D eigenvalue weighted by Crippen LogP contribution is -2.46. The van der Waals surface area contributed by atoms with Crippen LogP contribution in [-0.2, 0) is 9.53 Å². The van der Waals surface area contributed by atoms with Crippen LogP contribution in [0.25, 0.3) is 0 Å². The van der Waals surface area contributed by atoms with Gasteiger partial charge in [0.2, 0.25) is 5.91 Å². The molecule has 7 heteroatoms. The zero-order valence-corrected chi connectivity index (χ0v) is 15.1. The number of carbonyl (C=O) groups is 2. The molecule has 136 valence electrons. The lowest BCUT2D eigenvalue weighted by Gasteiger charge is -2.36. The molecule has 2 fully saturated rings. The van der Waals surface area contributed by atoms with Crippen molar-refractivity contribution in [3.63, 3.8) is 0 Å². The molecule has 1 aromatic rings. The highest BCUT2D eigenvalue weighted by Gasteiger charge is 2.29. The van der Waals surface area contributed by atoms with Crippen molar-refractivity contribution in [3.05, 3.63) is 23.9 Å². The molecule has 1 N–H and O–H groups in total. The summed E-state index contributed by atoms with van der Waals surface area (Å²) in [5.74, 6) is 0.597. The van der Waals surface area contributed by atoms with Crippen LogP contribution in [-0.4, -0.2) is 66.1 Å². The van der Waals surface area contributed by atoms with Gasteiger partial charge in [0.25, 0.3) is 5.91 Å². The van der Waals surface area contributed by atoms with E-state index in [1.54, 1.807) is 24.1 Å². The average Bonchev–Trinajstić information content (AvgIpc) is 2.75. The molecular weight excluding hydrogens is 320 g/mol. The SMILES string of the molecule is C[C@@H]1CN(c2ccc(C(=O)N3CCCNC(=O)[C@@H]3C)cn2)C[C@@H](C)O1. The first-order valence-electron chi connectivity index (χ1n) is 8.91. The number of rotatable bonds is 2. The Morgan fingerprint density at radius 2 is 1.96 bits per heavy atom. The number of nitrogens with zero attached hydrogens (tertiary/aromatic N) is 3. The van der Waals surface area contributed by atoms with Gasteiger partial charge in [-0.05, 0) is 39.3 Å². The average molecular weight is 346 g/mol. The Bertz CT molecular complexity index is 624. The molecule has 2 amide bonds. The molecule has 0 unspecified atom stereocenters. The van der Waals surface area contributed by atoms with Crippen molar-refractivity contribution in [3.8, 4) is 0 Å². The first-order valence-corrected chi connectivity index (χ1v) is 8.91. The van der Waals surface area contributed by atoms with Crippen molar-refractivity contribution in [2.24, 2.45) is 0 Å². The topological polar surface area (TPSA) is 74.8 Å². The molecule has 1 aromatic heterocycles. The zero-order valence-electron chi connectivity index (χ0n) is 15.1. The molecule has 3 rings (SSSR count). The number of morpholine rings is 1. The number of nitrogens with one attached hydrogen (secondary N) is 1. The van der Waals surface area contributed by atoms with Crippen LogP contribution in [0.4, 0.5) is 5.82 Å². The standard InChI is InChI=1S/C18H26N4O3/c1-12-10-21(11-13(2)25-12)16-6-5-15(9-20-16)18(24)22-8-4-7-19-17(23)14(22)3/h5-6,9,12-14H,4,7-8,10-11H2,1-3H3,(H,19,23)/t12-,13-,14+/m1/s1. The Kier molecular flexibility index (Phi) is 5.22. The summed E-state index contributed by atoms with van der Waals surface area (Å²) in [5.41, 5.74) is 0.514. The van der Waals surface area contributed by atoms with Crippen LogP contribution < -0.4 is 10.2 Å². The molecule has 2 aliphatic heterocycles. The number of hydrogen-bond acceptors (Lipinski definition) is 5. The monoisotopic (exact) mass is 346 g/mol. The summed E-state index contributed by atoms with van der Waals surface area (Å²) in [6, 6.07) is 3.21. The normalized spacial score (nSPS) is 27.6. The number of carbonyl (C=O) groups excluding carboxylic acids is 2. The maximum Gasteiger partial charge on any atom is 0.256 e. The fourth-order valence-electron chi connectivity index (χ4n) is 3.45. The van der Waals surface area contributed by atoms with Crippen LogP contribution in [0.1, 0.15) is 37.6 Å². The zero-order chi connectivity index (χ0) is 18.0. The van der Waals surface area contributed by atoms with Crippen molar-refractivity contribution in [2.45, 2.75) is 45.4 Å². The lowest BCUT2D eigenvalue weighted by atomic mass is 10.2. The van der Waals surface area contributed by atoms with Crippen LogP contribution in [0, 0.1) is 0 Å². The van der Waals surface area contributed by atoms with E-state index in [2.05, 4.69) is 15.2 Å². The van der Waals surface area contributed by atoms with Crippen LogP contribution in [0.2, 0.25) is 0 Å². The van der Waals surface area contributed by atoms with Gasteiger partial charge < -0.3 is 19.9 Å². The number of pyridine rings is 1. The largest absolute Gasteiger partial charge is 0.372 e. The van der Waals surface area contributed by atoms with E-state index < -0.39 is 6.04 Å². The van der Waals surface area contributed by atoms with Crippen LogP contribution in [0.15, 0.2) is 18.3 Å². The van der Waals surface area contributed by atoms with Gasteiger partial charge in [0.15, 0.2) is 0 Å². The van der Waals surface area contributed by atoms with Gasteiger partial charge in [-0.15, -0.1) is 0 Å². The fraction of sp³-hybridized carbons (Fsp3) is 0.611. The van der Waals surface area contributed by atoms with Crippen molar-refractivity contribution >= 4 is 17.6 Å². The molecule has 2 saturated heterocycles. The summed E-state index contributed by atoms with van der Waals surface area (Å²) in [6.45, 7) is 8.61. The molecule has 3 atom stereocenters. The van der Waals surface area contributed by atoms with Gasteiger partial charge in [-0.3, -0.25) is 9.59 Å². The third kappa shape index (κ3) is 3.92. The highest BCUT2D eigenvalue weighted by molar-refractivity contribution is 5.97. The van der Waals surface area contributed by atoms with Crippen LogP contribution in [0.3, 0.4) is 0 Å². The second-order valence-corrected chi connectivity index (χ2v) is 6.89. The predicted molar refractivity (Wildman–Crippen MR) is 94.6 cm³/mol. The van der Waals surface area contributed by atoms with Crippen molar-refractivity contribution in [2.75, 3.05) is 31.1 Å². The van der Waals surface area contributed by atoms with Crippen molar-refractivity contribution < 1.29 is 14.3 Å². The van der Waals surface area contributed by atoms with Gasteiger partial charge in [-0.25, -0.2) is 4.98 Å². The highest BCUT2D eigenvalue weighted by Crippen LogP contribution is 2.19. The van der Waals surface area contributed by atoms with Gasteiger partial charge in [-0.2, -0.15) is 0 Å². The molecule has 0 radical (unpaired) electrons. The van der Waals surface area contributed by atoms with E-state index in [0.717, 1.165) is 25.3 Å². The minimum Gasteiger partial charge on any atom is -0.372 e. The molecule has 0 aliphatic carbocycles. The Morgan fingerprint density at radius 1 is 1.24 bits per heavy atom. The Balaban J connectivity index is 1.73. The van der Waals surface area contributed by atoms with Crippen LogP contribution in [0.5, 0.6) is 0 Å². The van der Waals surface area contributed by atoms with Crippen LogP contribution >= 0.6 is 0 Å². The number of aromatic nitrogens is 1. The summed E-state index contributed by atoms with van der Waals surface area (Å²) in [7, 11) is 0. The first-order chi connectivity index (χ1) is 12.0. The molecule has 0 aromatic carbocycles. The van der Waals surface area contributed by atoms with E-state index in [4.69, 9.17) is 4.74 Å². The van der Waals surface area contributed by atoms with Crippen molar-refractivity contribution in [1.82, 2.24) is 15.2 Å². The maximum absolute atomic E-state index is 12.8. The van der Waals surface area contributed by atoms with E-state index in [1.165, 1.54) is 0 Å². The summed E-state index contributed by atoms with van der Waals surface area (Å²) < 4.78 is 5.74. The van der Waals surface area contributed by atoms with E-state index in [0.29, 0.717) is 18.7 Å². The van der Waals surface area contributed by atoms with Gasteiger partial charge >= 0.3 is 0 Å². The number of ether oxygens (including phenoxy) is 1. The molecule has 0 bridgehead atoms. The smallest absolute Gasteiger partial charge is 0.256 e. The Hall–Kier alpha value is -2.15. The number of amides is 2. The fourth-order valence-corrected chi connectivity index (χ4v) is 3.45. The summed E-state index contributed by atoms with van der Waals surface area (Å²) in [4.78, 5) is 33.0. The van der Waals surface area contributed by atoms with Gasteiger partial charge in [0, 0.05) is 32.4 Å². The molecule has 3 heterocycles. The molecule has 0 spiro atoms. The second-order valence-electron chi connectivity index (χ2n) is 6.89. The lowest BCUT2D eigenvalue weighted by molar-refractivity contribution is -0.124. The summed E-state index contributed by atoms with van der Waals surface area (Å²) in [5, 5.41) is 2.82. The minimum absolute atomic E-state index is 0.105. The predicted octanol–water partition coefficient (Wildman–Crippen LogP) is 1.05. The van der Waals surface area contributed by atoms with Gasteiger partial charge in [0.1, 0.15) is 11.9 Å². The molecule has 25 heavy (non-hydrogen) atoms. The third-order valence-corrected chi connectivity index (χ3v) is 4.72. The van der Waals surface area contributed by atoms with E-state index in [-0.39, 0.29) is 24.0 Å². The first kappa shape index (κ1) is 17.7. The third-order valence-electron chi connectivity index (χ3n) is 4.72. The second kappa shape index (κ2) is 7.39. The quantitative estimate of drug-likeness (QED) is 0.866. The Morgan fingerprint density at radius 3 is 2.60 bits per heavy atom. The van der Waals surface area contributed by atoms with E-state index in [9.17, 15) is 9.59 Å². The minimum atomic E-state index is -0.462. The molecule has 0 saturated carbocycles. The van der Waals surface area contributed by atoms with Gasteiger partial charge in [0.05, 0.1) is 17.8 Å². The van der Waals surface area contributed by atoms with Crippen molar-refractivity contribution in [1.29, 1.82) is 0 Å². The highest BCUT2D eigenvalue weighted by atomic mass is 16.5. The summed E-state index contributed by atoms with van der Waals surface area (Å²) >= 11 is 0. The molecular formula is C18H26N4O3. The van der Waals surface area contributed by atoms with E-state index >= 15 is 0 Å².